The summed E-state index contributed by atoms with van der Waals surface area (Å²) in [7, 11) is 0. The molecular weight excluding hydrogens is 460 g/mol. The number of carboxylic acids is 1. The Morgan fingerprint density at radius 3 is 1.85 bits per heavy atom. The van der Waals surface area contributed by atoms with Crippen molar-refractivity contribution in [1.29, 1.82) is 0 Å². The average Bonchev–Trinajstić information content (AvgIpc) is 2.75. The topological polar surface area (TPSA) is 278 Å². The number of hydrogen-bond donors (Lipinski definition) is 10. The van der Waals surface area contributed by atoms with Crippen molar-refractivity contribution < 1.29 is 34.2 Å². The monoisotopic (exact) mass is 492 g/mol. The Bertz CT molecular complexity index is 732. The first-order valence-electron chi connectivity index (χ1n) is 9.87. The van der Waals surface area contributed by atoms with E-state index >= 15 is 0 Å². The van der Waals surface area contributed by atoms with Gasteiger partial charge in [-0.15, -0.1) is 0 Å². The minimum Gasteiger partial charge on any atom is -0.480 e. The first-order valence-corrected chi connectivity index (χ1v) is 10.5. The SMILES string of the molecule is NC(=O)CCC(NC(=O)C(N)CS)C(=O)NC(CCCN=C(N)N)C(=O)NC(CO)C(=O)O. The number of guanidine groups is 1. The van der Waals surface area contributed by atoms with Crippen molar-refractivity contribution in [2.45, 2.75) is 49.9 Å². The summed E-state index contributed by atoms with van der Waals surface area (Å²) >= 11 is 3.91. The predicted octanol–water partition coefficient (Wildman–Crippen LogP) is -4.91. The van der Waals surface area contributed by atoms with Crippen LogP contribution >= 0.6 is 12.6 Å². The van der Waals surface area contributed by atoms with Gasteiger partial charge in [-0.2, -0.15) is 12.6 Å². The van der Waals surface area contributed by atoms with Gasteiger partial charge in [-0.25, -0.2) is 4.79 Å². The largest absolute Gasteiger partial charge is 0.480 e. The van der Waals surface area contributed by atoms with Crippen LogP contribution in [0, 0.1) is 0 Å². The number of amides is 4. The molecule has 0 bridgehead atoms. The van der Waals surface area contributed by atoms with Crippen LogP contribution in [-0.2, 0) is 24.0 Å². The number of carboxylic acid groups (broad SMARTS) is 1. The Morgan fingerprint density at radius 2 is 1.39 bits per heavy atom. The number of nitrogens with one attached hydrogen (secondary N) is 3. The summed E-state index contributed by atoms with van der Waals surface area (Å²) in [5.74, 6) is -4.85. The third kappa shape index (κ3) is 12.5. The maximum atomic E-state index is 12.8. The number of primary amides is 1. The summed E-state index contributed by atoms with van der Waals surface area (Å²) in [4.78, 5) is 63.5. The van der Waals surface area contributed by atoms with Gasteiger partial charge in [0.1, 0.15) is 18.1 Å². The zero-order valence-electron chi connectivity index (χ0n) is 17.9. The Balaban J connectivity index is 5.52. The van der Waals surface area contributed by atoms with Crippen LogP contribution in [0.5, 0.6) is 0 Å². The number of thiol groups is 1. The van der Waals surface area contributed by atoms with Gasteiger partial charge in [0.05, 0.1) is 12.6 Å². The Labute approximate surface area is 195 Å². The lowest BCUT2D eigenvalue weighted by Crippen LogP contribution is -2.57. The number of aliphatic carboxylic acids is 1. The lowest BCUT2D eigenvalue weighted by molar-refractivity contribution is -0.143. The van der Waals surface area contributed by atoms with Crippen LogP contribution in [0.4, 0.5) is 0 Å². The first kappa shape index (κ1) is 29.9. The summed E-state index contributed by atoms with van der Waals surface area (Å²) in [6.07, 6.45) is -0.223. The van der Waals surface area contributed by atoms with Crippen molar-refractivity contribution in [2.75, 3.05) is 18.9 Å². The normalized spacial score (nSPS) is 14.2. The molecule has 0 radical (unpaired) electrons. The van der Waals surface area contributed by atoms with E-state index in [-0.39, 0.29) is 43.9 Å². The molecule has 0 rings (SSSR count). The van der Waals surface area contributed by atoms with Gasteiger partial charge in [-0.1, -0.05) is 0 Å². The van der Waals surface area contributed by atoms with Gasteiger partial charge in [-0.3, -0.25) is 24.2 Å². The van der Waals surface area contributed by atoms with Crippen molar-refractivity contribution in [2.24, 2.45) is 27.9 Å². The first-order chi connectivity index (χ1) is 15.4. The highest BCUT2D eigenvalue weighted by Gasteiger charge is 2.30. The van der Waals surface area contributed by atoms with Gasteiger partial charge in [0.15, 0.2) is 5.96 Å². The van der Waals surface area contributed by atoms with Crippen molar-refractivity contribution in [3.63, 3.8) is 0 Å². The number of rotatable bonds is 16. The van der Waals surface area contributed by atoms with Crippen LogP contribution in [0.2, 0.25) is 0 Å². The lowest BCUT2D eigenvalue weighted by atomic mass is 10.1. The Kier molecular flexibility index (Phi) is 14.2. The van der Waals surface area contributed by atoms with Crippen LogP contribution in [0.1, 0.15) is 25.7 Å². The van der Waals surface area contributed by atoms with Gasteiger partial charge >= 0.3 is 5.97 Å². The minimum absolute atomic E-state index is 0.0104. The van der Waals surface area contributed by atoms with Gasteiger partial charge in [0.25, 0.3) is 0 Å². The molecule has 4 atom stereocenters. The van der Waals surface area contributed by atoms with E-state index in [1.54, 1.807) is 0 Å². The third-order valence-corrected chi connectivity index (χ3v) is 4.61. The van der Waals surface area contributed by atoms with Gasteiger partial charge in [0.2, 0.25) is 23.6 Å². The zero-order chi connectivity index (χ0) is 25.6. The highest BCUT2D eigenvalue weighted by atomic mass is 32.1. The Hall–Kier alpha value is -3.11. The zero-order valence-corrected chi connectivity index (χ0v) is 18.8. The molecule has 4 amide bonds. The fraction of sp³-hybridized carbons (Fsp3) is 0.647. The molecular formula is C17H32N8O7S. The number of carbonyl (C=O) groups is 5. The number of aliphatic imine (C=N–C) groups is 1. The molecule has 13 N–H and O–H groups in total. The average molecular weight is 493 g/mol. The quantitative estimate of drug-likeness (QED) is 0.0424. The van der Waals surface area contributed by atoms with Gasteiger partial charge < -0.3 is 49.1 Å². The molecule has 33 heavy (non-hydrogen) atoms. The predicted molar refractivity (Wildman–Crippen MR) is 121 cm³/mol. The van der Waals surface area contributed by atoms with E-state index in [0.717, 1.165) is 0 Å². The summed E-state index contributed by atoms with van der Waals surface area (Å²) in [5, 5.41) is 25.0. The second-order valence-corrected chi connectivity index (χ2v) is 7.31. The molecule has 4 unspecified atom stereocenters. The Morgan fingerprint density at radius 1 is 0.879 bits per heavy atom. The molecule has 0 heterocycles. The molecule has 0 aromatic rings. The van der Waals surface area contributed by atoms with Crippen molar-refractivity contribution in [3.8, 4) is 0 Å². The second-order valence-electron chi connectivity index (χ2n) is 6.95. The molecule has 0 saturated carbocycles. The number of hydrogen-bond acceptors (Lipinski definition) is 9. The molecule has 0 aliphatic carbocycles. The van der Waals surface area contributed by atoms with Crippen LogP contribution in [0.25, 0.3) is 0 Å². The van der Waals surface area contributed by atoms with Crippen molar-refractivity contribution >= 4 is 48.2 Å². The molecule has 15 nitrogen and oxygen atoms in total. The van der Waals surface area contributed by atoms with E-state index in [2.05, 4.69) is 33.6 Å². The molecule has 0 aliphatic heterocycles. The van der Waals surface area contributed by atoms with Crippen LogP contribution < -0.4 is 38.9 Å². The van der Waals surface area contributed by atoms with Crippen LogP contribution in [0.3, 0.4) is 0 Å². The van der Waals surface area contributed by atoms with Gasteiger partial charge in [-0.05, 0) is 19.3 Å². The standard InChI is InChI=1S/C17H32N8O7S/c18-8(7-33)13(28)23-10(3-4-12(19)27)15(30)24-9(2-1-5-22-17(20)21)14(29)25-11(6-26)16(31)32/h8-11,26,33H,1-7,18H2,(H2,19,27)(H,23,28)(H,24,30)(H,25,29)(H,31,32)(H4,20,21,22). The van der Waals surface area contributed by atoms with Crippen LogP contribution in [-0.4, -0.2) is 88.8 Å². The summed E-state index contributed by atoms with van der Waals surface area (Å²) in [6.45, 7) is -0.766. The summed E-state index contributed by atoms with van der Waals surface area (Å²) in [6, 6.07) is -5.17. The molecule has 188 valence electrons. The van der Waals surface area contributed by atoms with E-state index in [1.165, 1.54) is 0 Å². The number of nitrogens with two attached hydrogens (primary N) is 4. The highest BCUT2D eigenvalue weighted by Crippen LogP contribution is 2.04. The third-order valence-electron chi connectivity index (χ3n) is 4.22. The van der Waals surface area contributed by atoms with E-state index in [9.17, 15) is 24.0 Å². The lowest BCUT2D eigenvalue weighted by Gasteiger charge is -2.24. The van der Waals surface area contributed by atoms with E-state index in [4.69, 9.17) is 33.1 Å². The molecule has 16 heteroatoms. The summed E-state index contributed by atoms with van der Waals surface area (Å²) < 4.78 is 0. The van der Waals surface area contributed by atoms with Crippen molar-refractivity contribution in [1.82, 2.24) is 16.0 Å². The van der Waals surface area contributed by atoms with E-state index in [0.29, 0.717) is 0 Å². The highest BCUT2D eigenvalue weighted by molar-refractivity contribution is 7.80. The molecule has 0 aliphatic rings. The maximum Gasteiger partial charge on any atom is 0.328 e. The number of aliphatic hydroxyl groups excluding tert-OH is 1. The molecule has 0 aromatic heterocycles. The second kappa shape index (κ2) is 15.7. The smallest absolute Gasteiger partial charge is 0.328 e. The molecule has 0 spiro atoms. The number of aliphatic hydroxyl groups is 1. The van der Waals surface area contributed by atoms with E-state index in [1.807, 2.05) is 0 Å². The molecule has 0 saturated heterocycles. The molecule has 0 aromatic carbocycles. The fourth-order valence-electron chi connectivity index (χ4n) is 2.42. The fourth-order valence-corrected chi connectivity index (χ4v) is 2.59. The number of carbonyl (C=O) groups excluding carboxylic acids is 4. The summed E-state index contributed by atoms with van der Waals surface area (Å²) in [5.41, 5.74) is 21.2. The van der Waals surface area contributed by atoms with Gasteiger partial charge in [0, 0.05) is 18.7 Å². The molecule has 0 fully saturated rings. The number of nitrogens with zero attached hydrogens (tertiary/aromatic N) is 1. The van der Waals surface area contributed by atoms with Crippen LogP contribution in [0.15, 0.2) is 4.99 Å². The van der Waals surface area contributed by atoms with E-state index < -0.39 is 60.4 Å². The minimum atomic E-state index is -1.60. The van der Waals surface area contributed by atoms with Crippen molar-refractivity contribution in [3.05, 3.63) is 0 Å². The maximum absolute atomic E-state index is 12.8.